The zero-order chi connectivity index (χ0) is 18.6. The molecule has 2 N–H and O–H groups in total. The SMILES string of the molecule is CCc1ccccc1NC(=O)CCNS(=O)(=O)c1cccc2nonc12. The molecule has 1 amide bonds. The van der Waals surface area contributed by atoms with E-state index in [0.29, 0.717) is 5.52 Å². The number of carbonyl (C=O) groups excluding carboxylic acids is 1. The predicted molar refractivity (Wildman–Crippen MR) is 96.1 cm³/mol. The molecule has 0 aliphatic heterocycles. The fraction of sp³-hybridized carbons (Fsp3) is 0.235. The third-order valence-corrected chi connectivity index (χ3v) is 5.35. The van der Waals surface area contributed by atoms with Crippen molar-refractivity contribution < 1.29 is 17.8 Å². The summed E-state index contributed by atoms with van der Waals surface area (Å²) in [5, 5.41) is 10.0. The van der Waals surface area contributed by atoms with Gasteiger partial charge in [0, 0.05) is 18.7 Å². The summed E-state index contributed by atoms with van der Waals surface area (Å²) in [4.78, 5) is 12.1. The number of nitrogens with one attached hydrogen (secondary N) is 2. The zero-order valence-corrected chi connectivity index (χ0v) is 14.9. The molecule has 0 spiro atoms. The quantitative estimate of drug-likeness (QED) is 0.654. The molecule has 136 valence electrons. The number of aryl methyl sites for hydroxylation is 1. The van der Waals surface area contributed by atoms with Crippen molar-refractivity contribution in [2.24, 2.45) is 0 Å². The van der Waals surface area contributed by atoms with Crippen LogP contribution in [-0.4, -0.2) is 31.2 Å². The van der Waals surface area contributed by atoms with E-state index in [1.54, 1.807) is 12.1 Å². The number of carbonyl (C=O) groups is 1. The average molecular weight is 374 g/mol. The highest BCUT2D eigenvalue weighted by Gasteiger charge is 2.20. The number of nitrogens with zero attached hydrogens (tertiary/aromatic N) is 2. The van der Waals surface area contributed by atoms with Crippen LogP contribution < -0.4 is 10.0 Å². The third kappa shape index (κ3) is 3.89. The summed E-state index contributed by atoms with van der Waals surface area (Å²) in [5.74, 6) is -0.269. The molecular formula is C17H18N4O4S. The van der Waals surface area contributed by atoms with E-state index in [1.807, 2.05) is 31.2 Å². The fourth-order valence-electron chi connectivity index (χ4n) is 2.54. The molecule has 0 atom stereocenters. The highest BCUT2D eigenvalue weighted by molar-refractivity contribution is 7.89. The minimum Gasteiger partial charge on any atom is -0.326 e. The standard InChI is InChI=1S/C17H18N4O4S/c1-2-12-6-3-4-7-13(12)19-16(22)10-11-18-26(23,24)15-9-5-8-14-17(15)21-25-20-14/h3-9,18H,2,10-11H2,1H3,(H,19,22). The van der Waals surface area contributed by atoms with Crippen LogP contribution in [0.2, 0.25) is 0 Å². The second kappa shape index (κ2) is 7.63. The van der Waals surface area contributed by atoms with Gasteiger partial charge in [-0.25, -0.2) is 17.8 Å². The maximum atomic E-state index is 12.4. The van der Waals surface area contributed by atoms with Crippen LogP contribution in [0.4, 0.5) is 5.69 Å². The lowest BCUT2D eigenvalue weighted by atomic mass is 10.1. The van der Waals surface area contributed by atoms with E-state index in [0.717, 1.165) is 17.7 Å². The maximum absolute atomic E-state index is 12.4. The molecule has 0 saturated heterocycles. The number of benzene rings is 2. The van der Waals surface area contributed by atoms with Crippen molar-refractivity contribution in [1.82, 2.24) is 15.0 Å². The van der Waals surface area contributed by atoms with Gasteiger partial charge in [0.15, 0.2) is 5.52 Å². The molecule has 0 bridgehead atoms. The summed E-state index contributed by atoms with van der Waals surface area (Å²) < 4.78 is 31.8. The molecule has 8 nitrogen and oxygen atoms in total. The zero-order valence-electron chi connectivity index (χ0n) is 14.1. The molecule has 9 heteroatoms. The van der Waals surface area contributed by atoms with Crippen molar-refractivity contribution in [2.75, 3.05) is 11.9 Å². The molecule has 26 heavy (non-hydrogen) atoms. The second-order valence-corrected chi connectivity index (χ2v) is 7.33. The van der Waals surface area contributed by atoms with Gasteiger partial charge in [-0.3, -0.25) is 4.79 Å². The van der Waals surface area contributed by atoms with Crippen molar-refractivity contribution in [2.45, 2.75) is 24.7 Å². The van der Waals surface area contributed by atoms with E-state index in [4.69, 9.17) is 0 Å². The van der Waals surface area contributed by atoms with E-state index in [1.165, 1.54) is 6.07 Å². The van der Waals surface area contributed by atoms with Gasteiger partial charge in [0.1, 0.15) is 10.4 Å². The lowest BCUT2D eigenvalue weighted by Crippen LogP contribution is -2.28. The Labute approximate surface area is 150 Å². The number of fused-ring (bicyclic) bond motifs is 1. The van der Waals surface area contributed by atoms with Gasteiger partial charge < -0.3 is 5.32 Å². The number of hydrogen-bond donors (Lipinski definition) is 2. The molecule has 0 unspecified atom stereocenters. The second-order valence-electron chi connectivity index (χ2n) is 5.59. The first-order valence-corrected chi connectivity index (χ1v) is 9.58. The monoisotopic (exact) mass is 374 g/mol. The van der Waals surface area contributed by atoms with Crippen LogP contribution in [0.1, 0.15) is 18.9 Å². The van der Waals surface area contributed by atoms with Gasteiger partial charge in [0.2, 0.25) is 15.9 Å². The van der Waals surface area contributed by atoms with Crippen molar-refractivity contribution in [1.29, 1.82) is 0 Å². The van der Waals surface area contributed by atoms with Crippen LogP contribution in [0.25, 0.3) is 11.0 Å². The Balaban J connectivity index is 1.62. The number of amides is 1. The smallest absolute Gasteiger partial charge is 0.242 e. The van der Waals surface area contributed by atoms with Gasteiger partial charge in [0.25, 0.3) is 0 Å². The Morgan fingerprint density at radius 2 is 1.92 bits per heavy atom. The predicted octanol–water partition coefficient (Wildman–Crippen LogP) is 2.09. The third-order valence-electron chi connectivity index (χ3n) is 3.86. The first-order valence-electron chi connectivity index (χ1n) is 8.10. The Bertz CT molecular complexity index is 1030. The maximum Gasteiger partial charge on any atom is 0.242 e. The van der Waals surface area contributed by atoms with E-state index in [9.17, 15) is 13.2 Å². The lowest BCUT2D eigenvalue weighted by molar-refractivity contribution is -0.116. The lowest BCUT2D eigenvalue weighted by Gasteiger charge is -2.10. The summed E-state index contributed by atoms with van der Waals surface area (Å²) in [5.41, 5.74) is 2.26. The number of rotatable bonds is 7. The number of aromatic nitrogens is 2. The Morgan fingerprint density at radius 3 is 2.73 bits per heavy atom. The minimum atomic E-state index is -3.83. The molecule has 0 radical (unpaired) electrons. The molecular weight excluding hydrogens is 356 g/mol. The van der Waals surface area contributed by atoms with E-state index in [-0.39, 0.29) is 29.3 Å². The highest BCUT2D eigenvalue weighted by atomic mass is 32.2. The Kier molecular flexibility index (Phi) is 5.29. The van der Waals surface area contributed by atoms with E-state index >= 15 is 0 Å². The van der Waals surface area contributed by atoms with Gasteiger partial charge in [-0.15, -0.1) is 0 Å². The summed E-state index contributed by atoms with van der Waals surface area (Å²) in [6.45, 7) is 1.96. The molecule has 3 rings (SSSR count). The van der Waals surface area contributed by atoms with Crippen molar-refractivity contribution in [3.8, 4) is 0 Å². The topological polar surface area (TPSA) is 114 Å². The van der Waals surface area contributed by atoms with Crippen molar-refractivity contribution in [3.63, 3.8) is 0 Å². The molecule has 0 aliphatic carbocycles. The average Bonchev–Trinajstić information content (AvgIpc) is 3.10. The highest BCUT2D eigenvalue weighted by Crippen LogP contribution is 2.19. The first kappa shape index (κ1) is 18.0. The normalized spacial score (nSPS) is 11.6. The largest absolute Gasteiger partial charge is 0.326 e. The number of anilines is 1. The van der Waals surface area contributed by atoms with Crippen LogP contribution in [0, 0.1) is 0 Å². The minimum absolute atomic E-state index is 0.00429. The van der Waals surface area contributed by atoms with Gasteiger partial charge in [0.05, 0.1) is 0 Å². The number of hydrogen-bond acceptors (Lipinski definition) is 6. The van der Waals surface area contributed by atoms with Crippen LogP contribution in [-0.2, 0) is 21.2 Å². The van der Waals surface area contributed by atoms with Gasteiger partial charge in [-0.05, 0) is 40.5 Å². The Hall–Kier alpha value is -2.78. The summed E-state index contributed by atoms with van der Waals surface area (Å²) in [6, 6.07) is 12.1. The molecule has 0 saturated carbocycles. The van der Waals surface area contributed by atoms with Crippen LogP contribution in [0.3, 0.4) is 0 Å². The van der Waals surface area contributed by atoms with Gasteiger partial charge in [-0.1, -0.05) is 31.2 Å². The molecule has 1 heterocycles. The molecule has 0 aliphatic rings. The van der Waals surface area contributed by atoms with Crippen LogP contribution >= 0.6 is 0 Å². The summed E-state index contributed by atoms with van der Waals surface area (Å²) in [6.07, 6.45) is 0.795. The first-order chi connectivity index (χ1) is 12.5. The van der Waals surface area contributed by atoms with E-state index < -0.39 is 10.0 Å². The molecule has 3 aromatic rings. The number of para-hydroxylation sites is 1. The summed E-state index contributed by atoms with van der Waals surface area (Å²) >= 11 is 0. The van der Waals surface area contributed by atoms with E-state index in [2.05, 4.69) is 25.0 Å². The van der Waals surface area contributed by atoms with Crippen molar-refractivity contribution in [3.05, 3.63) is 48.0 Å². The van der Waals surface area contributed by atoms with Crippen LogP contribution in [0.5, 0.6) is 0 Å². The van der Waals surface area contributed by atoms with Crippen molar-refractivity contribution >= 4 is 32.7 Å². The van der Waals surface area contributed by atoms with Gasteiger partial charge >= 0.3 is 0 Å². The fourth-order valence-corrected chi connectivity index (χ4v) is 3.72. The summed E-state index contributed by atoms with van der Waals surface area (Å²) in [7, 11) is -3.83. The Morgan fingerprint density at radius 1 is 1.12 bits per heavy atom. The molecule has 0 fully saturated rings. The molecule has 2 aromatic carbocycles. The molecule has 1 aromatic heterocycles. The number of sulfonamides is 1. The van der Waals surface area contributed by atoms with Crippen LogP contribution in [0.15, 0.2) is 52.0 Å². The van der Waals surface area contributed by atoms with Gasteiger partial charge in [-0.2, -0.15) is 0 Å².